The maximum absolute atomic E-state index is 14.7. The molecule has 0 aliphatic carbocycles. The largest absolute Gasteiger partial charge is 0.494 e. The van der Waals surface area contributed by atoms with Crippen LogP contribution in [-0.2, 0) is 22.1 Å². The summed E-state index contributed by atoms with van der Waals surface area (Å²) in [6.07, 6.45) is -7.31. The Hall–Kier alpha value is -2.81. The number of hydrogen-bond acceptors (Lipinski definition) is 6. The van der Waals surface area contributed by atoms with E-state index in [2.05, 4.69) is 0 Å². The molecule has 0 spiro atoms. The Labute approximate surface area is 160 Å². The first-order valence-corrected chi connectivity index (χ1v) is 8.30. The van der Waals surface area contributed by atoms with E-state index in [4.69, 9.17) is 10.00 Å². The van der Waals surface area contributed by atoms with E-state index in [1.54, 1.807) is 0 Å². The second-order valence-electron chi connectivity index (χ2n) is 7.40. The molecule has 2 aromatic rings. The van der Waals surface area contributed by atoms with Crippen molar-refractivity contribution in [1.29, 1.82) is 5.26 Å². The number of ether oxygens (including phenoxy) is 1. The first kappa shape index (κ1) is 19.5. The first-order chi connectivity index (χ1) is 13.2. The summed E-state index contributed by atoms with van der Waals surface area (Å²) < 4.78 is 60.6. The number of aromatic nitrogens is 1. The van der Waals surface area contributed by atoms with Crippen LogP contribution < -0.4 is 0 Å². The van der Waals surface area contributed by atoms with Gasteiger partial charge < -0.3 is 25.2 Å². The molecule has 29 heavy (non-hydrogen) atoms. The summed E-state index contributed by atoms with van der Waals surface area (Å²) in [5, 5.41) is 50.6. The van der Waals surface area contributed by atoms with Crippen LogP contribution in [0.15, 0.2) is 18.2 Å². The number of nitriles is 1. The molecule has 1 aromatic carbocycles. The molecule has 0 amide bonds. The van der Waals surface area contributed by atoms with Crippen LogP contribution in [-0.4, -0.2) is 37.0 Å². The van der Waals surface area contributed by atoms with E-state index in [0.717, 1.165) is 26.0 Å². The normalized spacial score (nSPS) is 29.7. The molecule has 0 unspecified atom stereocenters. The van der Waals surface area contributed by atoms with Gasteiger partial charge in [0.1, 0.15) is 5.60 Å². The molecule has 154 valence electrons. The zero-order valence-electron chi connectivity index (χ0n) is 14.9. The Kier molecular flexibility index (Phi) is 3.50. The van der Waals surface area contributed by atoms with Crippen molar-refractivity contribution in [2.75, 3.05) is 0 Å². The molecule has 2 aliphatic rings. The average Bonchev–Trinajstić information content (AvgIpc) is 3.09. The zero-order valence-corrected chi connectivity index (χ0v) is 14.9. The minimum atomic E-state index is -4.89. The number of aliphatic hydroxyl groups is 2. The molecule has 2 bridgehead atoms. The minimum Gasteiger partial charge on any atom is -0.494 e. The van der Waals surface area contributed by atoms with Gasteiger partial charge in [0.2, 0.25) is 17.5 Å². The van der Waals surface area contributed by atoms with Crippen molar-refractivity contribution >= 4 is 0 Å². The lowest BCUT2D eigenvalue weighted by atomic mass is 9.74. The molecular formula is C18H14F4N2O5. The van der Waals surface area contributed by atoms with Crippen LogP contribution in [0, 0.1) is 11.3 Å². The summed E-state index contributed by atoms with van der Waals surface area (Å²) in [5.41, 5.74) is -7.26. The lowest BCUT2D eigenvalue weighted by Gasteiger charge is -2.35. The number of nitrogens with zero attached hydrogens (tertiary/aromatic N) is 2. The lowest BCUT2D eigenvalue weighted by molar-refractivity contribution is -0.258. The Morgan fingerprint density at radius 3 is 2.28 bits per heavy atom. The van der Waals surface area contributed by atoms with E-state index < -0.39 is 52.2 Å². The van der Waals surface area contributed by atoms with Crippen molar-refractivity contribution in [3.05, 3.63) is 40.5 Å². The number of rotatable bonds is 1. The van der Waals surface area contributed by atoms with Crippen molar-refractivity contribution in [3.63, 3.8) is 0 Å². The second-order valence-corrected chi connectivity index (χ2v) is 7.40. The Morgan fingerprint density at radius 2 is 1.72 bits per heavy atom. The monoisotopic (exact) mass is 414 g/mol. The minimum absolute atomic E-state index is 0.304. The van der Waals surface area contributed by atoms with Gasteiger partial charge in [-0.25, -0.2) is 4.39 Å². The third-order valence-electron chi connectivity index (χ3n) is 5.74. The highest BCUT2D eigenvalue weighted by Gasteiger charge is 2.77. The summed E-state index contributed by atoms with van der Waals surface area (Å²) in [4.78, 5) is 0. The van der Waals surface area contributed by atoms with Gasteiger partial charge in [-0.2, -0.15) is 18.4 Å². The van der Waals surface area contributed by atoms with Crippen LogP contribution in [0.25, 0.3) is 5.69 Å². The fourth-order valence-corrected chi connectivity index (χ4v) is 4.31. The van der Waals surface area contributed by atoms with Crippen LogP contribution in [0.1, 0.15) is 36.1 Å². The van der Waals surface area contributed by atoms with Crippen LogP contribution in [0.5, 0.6) is 11.8 Å². The predicted octanol–water partition coefficient (Wildman–Crippen LogP) is 2.27. The summed E-state index contributed by atoms with van der Waals surface area (Å²) in [6.45, 7) is 2.21. The standard InChI is InChI=1S/C18H14F4N2O5/c1-15-10-11(16(2,29-15)17(27,28)14(15)19)13(26)24(12(10)25)8-4-3-7(6-23)9(5-8)18(20,21)22/h3-5,14,25-28H,1-2H3/t14-,15-,16+/m1/s1. The Morgan fingerprint density at radius 1 is 1.14 bits per heavy atom. The van der Waals surface area contributed by atoms with Crippen LogP contribution in [0.4, 0.5) is 17.6 Å². The van der Waals surface area contributed by atoms with Crippen LogP contribution in [0.3, 0.4) is 0 Å². The quantitative estimate of drug-likeness (QED) is 0.420. The maximum atomic E-state index is 14.7. The van der Waals surface area contributed by atoms with Gasteiger partial charge in [-0.1, -0.05) is 0 Å². The molecule has 1 fully saturated rings. The fourth-order valence-electron chi connectivity index (χ4n) is 4.31. The number of hydrogen-bond donors (Lipinski definition) is 4. The third-order valence-corrected chi connectivity index (χ3v) is 5.74. The van der Waals surface area contributed by atoms with Gasteiger partial charge in [0.25, 0.3) is 0 Å². The molecule has 11 heteroatoms. The molecule has 1 saturated heterocycles. The third kappa shape index (κ3) is 2.06. The van der Waals surface area contributed by atoms with Crippen molar-refractivity contribution in [2.24, 2.45) is 0 Å². The molecule has 3 atom stereocenters. The Bertz CT molecular complexity index is 1100. The fraction of sp³-hybridized carbons (Fsp3) is 0.389. The van der Waals surface area contributed by atoms with Crippen LogP contribution >= 0.6 is 0 Å². The number of aromatic hydroxyl groups is 2. The average molecular weight is 414 g/mol. The number of alkyl halides is 4. The van der Waals surface area contributed by atoms with Gasteiger partial charge in [-0.05, 0) is 32.0 Å². The summed E-state index contributed by atoms with van der Waals surface area (Å²) in [5.74, 6) is -4.73. The second kappa shape index (κ2) is 5.21. The van der Waals surface area contributed by atoms with Crippen molar-refractivity contribution in [2.45, 2.75) is 43.2 Å². The molecule has 0 saturated carbocycles. The SMILES string of the molecule is C[C@]12O[C@](C)(c3c1c(O)n(-c1ccc(C#N)c(C(F)(F)F)c1)c3O)[C@@H](F)C2(O)O. The van der Waals surface area contributed by atoms with E-state index in [1.807, 2.05) is 0 Å². The maximum Gasteiger partial charge on any atom is 0.417 e. The van der Waals surface area contributed by atoms with Crippen molar-refractivity contribution < 1.29 is 42.7 Å². The summed E-state index contributed by atoms with van der Waals surface area (Å²) in [6, 6.07) is 3.86. The molecule has 4 N–H and O–H groups in total. The molecule has 0 radical (unpaired) electrons. The van der Waals surface area contributed by atoms with Gasteiger partial charge in [-0.3, -0.25) is 4.57 Å². The molecule has 1 aromatic heterocycles. The summed E-state index contributed by atoms with van der Waals surface area (Å²) >= 11 is 0. The topological polar surface area (TPSA) is 119 Å². The van der Waals surface area contributed by atoms with E-state index in [9.17, 15) is 38.0 Å². The van der Waals surface area contributed by atoms with E-state index in [1.165, 1.54) is 6.07 Å². The van der Waals surface area contributed by atoms with Gasteiger partial charge in [0.05, 0.1) is 34.0 Å². The highest BCUT2D eigenvalue weighted by Crippen LogP contribution is 2.67. The molecule has 4 rings (SSSR count). The number of halogens is 4. The van der Waals surface area contributed by atoms with Gasteiger partial charge in [0.15, 0.2) is 11.8 Å². The zero-order chi connectivity index (χ0) is 21.7. The first-order valence-electron chi connectivity index (χ1n) is 8.30. The predicted molar refractivity (Wildman–Crippen MR) is 86.7 cm³/mol. The molecular weight excluding hydrogens is 400 g/mol. The smallest absolute Gasteiger partial charge is 0.417 e. The van der Waals surface area contributed by atoms with E-state index >= 15 is 0 Å². The van der Waals surface area contributed by atoms with Gasteiger partial charge >= 0.3 is 6.18 Å². The Balaban J connectivity index is 2.01. The molecule has 2 aliphatic heterocycles. The number of benzene rings is 1. The van der Waals surface area contributed by atoms with Gasteiger partial charge in [0, 0.05) is 0 Å². The van der Waals surface area contributed by atoms with E-state index in [0.29, 0.717) is 10.6 Å². The van der Waals surface area contributed by atoms with Crippen molar-refractivity contribution in [1.82, 2.24) is 4.57 Å². The van der Waals surface area contributed by atoms with Crippen LogP contribution in [0.2, 0.25) is 0 Å². The molecule has 7 nitrogen and oxygen atoms in total. The van der Waals surface area contributed by atoms with E-state index in [-0.39, 0.29) is 16.8 Å². The number of fused-ring (bicyclic) bond motifs is 5. The lowest BCUT2D eigenvalue weighted by Crippen LogP contribution is -2.55. The highest BCUT2D eigenvalue weighted by atomic mass is 19.4. The summed E-state index contributed by atoms with van der Waals surface area (Å²) in [7, 11) is 0. The molecule has 3 heterocycles. The van der Waals surface area contributed by atoms with Gasteiger partial charge in [-0.15, -0.1) is 0 Å². The highest BCUT2D eigenvalue weighted by molar-refractivity contribution is 5.63. The van der Waals surface area contributed by atoms with Crippen molar-refractivity contribution in [3.8, 4) is 23.5 Å².